The summed E-state index contributed by atoms with van der Waals surface area (Å²) in [5.41, 5.74) is 7.79. The van der Waals surface area contributed by atoms with Gasteiger partial charge in [0.05, 0.1) is 15.9 Å². The van der Waals surface area contributed by atoms with Gasteiger partial charge in [-0.15, -0.1) is 0 Å². The van der Waals surface area contributed by atoms with Gasteiger partial charge in [-0.05, 0) is 55.8 Å². The lowest BCUT2D eigenvalue weighted by Crippen LogP contribution is -2.11. The fourth-order valence-electron chi connectivity index (χ4n) is 5.57. The van der Waals surface area contributed by atoms with Gasteiger partial charge >= 0.3 is 0 Å². The molecule has 0 aliphatic carbocycles. The molecule has 7 aromatic rings. The molecule has 0 aliphatic rings. The zero-order chi connectivity index (χ0) is 26.7. The third kappa shape index (κ3) is 3.92. The van der Waals surface area contributed by atoms with Gasteiger partial charge in [0.15, 0.2) is 0 Å². The minimum atomic E-state index is -3.97. The Morgan fingerprint density at radius 2 is 1.28 bits per heavy atom. The smallest absolute Gasteiger partial charge is 0.297 e. The fourth-order valence-corrected chi connectivity index (χ4v) is 6.63. The van der Waals surface area contributed by atoms with E-state index < -0.39 is 16.2 Å². The largest absolute Gasteiger partial charge is 0.354 e. The molecule has 7 rings (SSSR count). The number of para-hydroxylation sites is 3. The normalized spacial score (nSPS) is 13.1. The molecule has 2 heterocycles. The first-order valence-electron chi connectivity index (χ1n) is 12.9. The molecule has 1 atom stereocenters. The molecule has 1 unspecified atom stereocenters. The third-order valence-corrected chi connectivity index (χ3v) is 8.91. The summed E-state index contributed by atoms with van der Waals surface area (Å²) in [6.07, 6.45) is -0.728. The van der Waals surface area contributed by atoms with Crippen LogP contribution in [0.3, 0.4) is 0 Å². The second-order valence-corrected chi connectivity index (χ2v) is 11.6. The van der Waals surface area contributed by atoms with Crippen molar-refractivity contribution >= 4 is 53.7 Å². The van der Waals surface area contributed by atoms with Crippen LogP contribution in [0.2, 0.25) is 0 Å². The van der Waals surface area contributed by atoms with Crippen LogP contribution in [-0.2, 0) is 14.3 Å². The highest BCUT2D eigenvalue weighted by molar-refractivity contribution is 7.86. The SMILES string of the molecule is Cc1ccc(S(=O)(=O)OC(C)c2cc(-c3cccc4c3[nH]c3ccccc34)cc3c2[nH]c2ccccc23)cc1. The molecule has 0 saturated carbocycles. The van der Waals surface area contributed by atoms with Crippen molar-refractivity contribution in [2.75, 3.05) is 0 Å². The molecular weight excluding hydrogens is 504 g/mol. The van der Waals surface area contributed by atoms with Gasteiger partial charge in [-0.25, -0.2) is 0 Å². The molecule has 6 heteroatoms. The number of aromatic amines is 2. The molecule has 5 nitrogen and oxygen atoms in total. The molecule has 0 bridgehead atoms. The molecule has 2 N–H and O–H groups in total. The first kappa shape index (κ1) is 23.7. The van der Waals surface area contributed by atoms with E-state index in [0.29, 0.717) is 0 Å². The predicted molar refractivity (Wildman–Crippen MR) is 158 cm³/mol. The van der Waals surface area contributed by atoms with Crippen LogP contribution in [0, 0.1) is 6.92 Å². The number of hydrogen-bond donors (Lipinski definition) is 2. The van der Waals surface area contributed by atoms with E-state index in [1.807, 2.05) is 43.3 Å². The van der Waals surface area contributed by atoms with Crippen molar-refractivity contribution < 1.29 is 12.6 Å². The van der Waals surface area contributed by atoms with Gasteiger partial charge in [0, 0.05) is 43.7 Å². The number of aryl methyl sites for hydroxylation is 1. The van der Waals surface area contributed by atoms with Crippen molar-refractivity contribution in [3.63, 3.8) is 0 Å². The van der Waals surface area contributed by atoms with Crippen LogP contribution < -0.4 is 0 Å². The van der Waals surface area contributed by atoms with Crippen LogP contribution >= 0.6 is 0 Å². The maximum atomic E-state index is 13.2. The van der Waals surface area contributed by atoms with Crippen molar-refractivity contribution in [2.24, 2.45) is 0 Å². The van der Waals surface area contributed by atoms with Crippen LogP contribution in [-0.4, -0.2) is 18.4 Å². The number of aromatic nitrogens is 2. The number of fused-ring (bicyclic) bond motifs is 6. The average Bonchev–Trinajstić information content (AvgIpc) is 3.51. The van der Waals surface area contributed by atoms with E-state index in [2.05, 4.69) is 52.4 Å². The molecule has 0 saturated heterocycles. The molecule has 39 heavy (non-hydrogen) atoms. The first-order chi connectivity index (χ1) is 18.9. The maximum absolute atomic E-state index is 13.2. The Morgan fingerprint density at radius 3 is 2.00 bits per heavy atom. The Balaban J connectivity index is 1.44. The second-order valence-electron chi connectivity index (χ2n) is 10.1. The number of benzene rings is 5. The monoisotopic (exact) mass is 530 g/mol. The molecule has 192 valence electrons. The van der Waals surface area contributed by atoms with Gasteiger partial charge in [-0.1, -0.05) is 72.3 Å². The highest BCUT2D eigenvalue weighted by Gasteiger charge is 2.24. The van der Waals surface area contributed by atoms with Crippen LogP contribution in [0.25, 0.3) is 54.7 Å². The van der Waals surface area contributed by atoms with E-state index in [0.717, 1.165) is 60.5 Å². The molecule has 2 aromatic heterocycles. The van der Waals surface area contributed by atoms with Gasteiger partial charge < -0.3 is 9.97 Å². The third-order valence-electron chi connectivity index (χ3n) is 7.52. The van der Waals surface area contributed by atoms with Gasteiger partial charge in [0.2, 0.25) is 0 Å². The quantitative estimate of drug-likeness (QED) is 0.219. The van der Waals surface area contributed by atoms with E-state index in [9.17, 15) is 8.42 Å². The Kier molecular flexibility index (Phi) is 5.37. The van der Waals surface area contributed by atoms with Gasteiger partial charge in [-0.2, -0.15) is 8.42 Å². The number of hydrogen-bond acceptors (Lipinski definition) is 3. The summed E-state index contributed by atoms with van der Waals surface area (Å²) in [6.45, 7) is 3.71. The number of H-pyrrole nitrogens is 2. The van der Waals surface area contributed by atoms with Crippen molar-refractivity contribution in [1.29, 1.82) is 0 Å². The molecule has 0 aliphatic heterocycles. The molecule has 0 amide bonds. The van der Waals surface area contributed by atoms with Crippen LogP contribution in [0.1, 0.15) is 24.2 Å². The van der Waals surface area contributed by atoms with Crippen molar-refractivity contribution in [3.05, 3.63) is 114 Å². The van der Waals surface area contributed by atoms with E-state index in [-0.39, 0.29) is 4.90 Å². The molecular formula is C33H26N2O3S. The average molecular weight is 531 g/mol. The van der Waals surface area contributed by atoms with E-state index in [4.69, 9.17) is 4.18 Å². The molecule has 0 spiro atoms. The second kappa shape index (κ2) is 8.83. The van der Waals surface area contributed by atoms with Crippen molar-refractivity contribution in [1.82, 2.24) is 9.97 Å². The number of rotatable bonds is 5. The molecule has 0 fully saturated rings. The Hall–Kier alpha value is -4.39. The summed E-state index contributed by atoms with van der Waals surface area (Å²) in [7, 11) is -3.97. The topological polar surface area (TPSA) is 75.0 Å². The van der Waals surface area contributed by atoms with Gasteiger partial charge in [0.1, 0.15) is 6.10 Å². The van der Waals surface area contributed by atoms with E-state index in [1.165, 1.54) is 5.39 Å². The van der Waals surface area contributed by atoms with Crippen LogP contribution in [0.15, 0.2) is 108 Å². The lowest BCUT2D eigenvalue weighted by atomic mass is 9.96. The van der Waals surface area contributed by atoms with Crippen LogP contribution in [0.4, 0.5) is 0 Å². The summed E-state index contributed by atoms with van der Waals surface area (Å²) in [5.74, 6) is 0. The zero-order valence-electron chi connectivity index (χ0n) is 21.5. The lowest BCUT2D eigenvalue weighted by molar-refractivity contribution is 0.235. The minimum Gasteiger partial charge on any atom is -0.354 e. The zero-order valence-corrected chi connectivity index (χ0v) is 22.3. The van der Waals surface area contributed by atoms with Gasteiger partial charge in [-0.3, -0.25) is 4.18 Å². The summed E-state index contributed by atoms with van der Waals surface area (Å²) in [4.78, 5) is 7.26. The highest BCUT2D eigenvalue weighted by Crippen LogP contribution is 2.40. The maximum Gasteiger partial charge on any atom is 0.297 e. The minimum absolute atomic E-state index is 0.145. The predicted octanol–water partition coefficient (Wildman–Crippen LogP) is 8.40. The Bertz CT molecular complexity index is 2140. The van der Waals surface area contributed by atoms with Crippen LogP contribution in [0.5, 0.6) is 0 Å². The lowest BCUT2D eigenvalue weighted by Gasteiger charge is -2.16. The summed E-state index contributed by atoms with van der Waals surface area (Å²) in [5, 5.41) is 4.42. The van der Waals surface area contributed by atoms with Crippen molar-refractivity contribution in [2.45, 2.75) is 24.8 Å². The summed E-state index contributed by atoms with van der Waals surface area (Å²) < 4.78 is 32.3. The van der Waals surface area contributed by atoms with E-state index >= 15 is 0 Å². The fraction of sp³-hybridized carbons (Fsp3) is 0.0909. The Morgan fingerprint density at radius 1 is 0.667 bits per heavy atom. The first-order valence-corrected chi connectivity index (χ1v) is 14.3. The molecule has 5 aromatic carbocycles. The standard InChI is InChI=1S/C33H26N2O3S/c1-20-14-16-23(17-15-20)39(36,37)38-21(2)28-18-22(19-29-26-9-4-6-13-31(26)35-33(28)29)24-10-7-11-27-25-8-3-5-12-30(25)34-32(24)27/h3-19,21,34-35H,1-2H3. The molecule has 0 radical (unpaired) electrons. The van der Waals surface area contributed by atoms with Gasteiger partial charge in [0.25, 0.3) is 10.1 Å². The summed E-state index contributed by atoms with van der Waals surface area (Å²) in [6, 6.07) is 33.7. The number of nitrogens with one attached hydrogen (secondary N) is 2. The van der Waals surface area contributed by atoms with E-state index in [1.54, 1.807) is 31.2 Å². The van der Waals surface area contributed by atoms with Crippen molar-refractivity contribution in [3.8, 4) is 11.1 Å². The summed E-state index contributed by atoms with van der Waals surface area (Å²) >= 11 is 0. The Labute approximate surface area is 226 Å². The highest BCUT2D eigenvalue weighted by atomic mass is 32.2.